The molecule has 0 unspecified atom stereocenters. The minimum atomic E-state index is 0. The number of nitrogens with two attached hydrogens (primary N) is 1. The van der Waals surface area contributed by atoms with E-state index in [-0.39, 0.29) is 12.4 Å². The second-order valence-corrected chi connectivity index (χ2v) is 5.68. The Balaban J connectivity index is 0. The normalized spacial score (nSPS) is 11.3. The Bertz CT molecular complexity index is 144. The molecule has 0 radical (unpaired) electrons. The van der Waals surface area contributed by atoms with E-state index in [0.717, 1.165) is 6.54 Å². The summed E-state index contributed by atoms with van der Waals surface area (Å²) in [6.07, 6.45) is 14.0. The van der Waals surface area contributed by atoms with E-state index < -0.39 is 0 Å². The van der Waals surface area contributed by atoms with Crippen LogP contribution in [-0.2, 0) is 0 Å². The Morgan fingerprint density at radius 2 is 1.06 bits per heavy atom. The van der Waals surface area contributed by atoms with Crippen molar-refractivity contribution in [3.05, 3.63) is 0 Å². The molecule has 0 aliphatic rings. The maximum Gasteiger partial charge on any atom is 0.0955 e. The highest BCUT2D eigenvalue weighted by molar-refractivity contribution is 4.47. The van der Waals surface area contributed by atoms with Crippen molar-refractivity contribution in [3.8, 4) is 0 Å². The first kappa shape index (κ1) is 19.5. The summed E-state index contributed by atoms with van der Waals surface area (Å²) in [5.74, 6) is 5.88. The zero-order valence-corrected chi connectivity index (χ0v) is 12.9. The van der Waals surface area contributed by atoms with Gasteiger partial charge >= 0.3 is 0 Å². The van der Waals surface area contributed by atoms with Crippen molar-refractivity contribution in [2.75, 3.05) is 20.6 Å². The Hall–Kier alpha value is 0.210. The molecular formula is C14H33ClN2. The van der Waals surface area contributed by atoms with E-state index >= 15 is 0 Å². The van der Waals surface area contributed by atoms with Crippen LogP contribution >= 0.6 is 0 Å². The summed E-state index contributed by atoms with van der Waals surface area (Å²) >= 11 is 0. The van der Waals surface area contributed by atoms with Crippen molar-refractivity contribution >= 4 is 0 Å². The maximum absolute atomic E-state index is 5.88. The average Bonchev–Trinajstić information content (AvgIpc) is 2.19. The van der Waals surface area contributed by atoms with E-state index in [1.165, 1.54) is 64.2 Å². The molecule has 17 heavy (non-hydrogen) atoms. The molecule has 0 saturated carbocycles. The number of rotatable bonds is 11. The molecule has 0 fully saturated rings. The van der Waals surface area contributed by atoms with Gasteiger partial charge in [-0.2, -0.15) is 5.84 Å². The first-order chi connectivity index (χ1) is 7.56. The van der Waals surface area contributed by atoms with Gasteiger partial charge in [-0.3, -0.25) is 4.59 Å². The lowest BCUT2D eigenvalue weighted by Crippen LogP contribution is -3.00. The van der Waals surface area contributed by atoms with Crippen LogP contribution in [0.4, 0.5) is 0 Å². The van der Waals surface area contributed by atoms with E-state index in [1.54, 1.807) is 0 Å². The smallest absolute Gasteiger partial charge is 0.0955 e. The number of quaternary nitrogens is 1. The average molecular weight is 265 g/mol. The van der Waals surface area contributed by atoms with Gasteiger partial charge in [-0.15, -0.1) is 0 Å². The highest BCUT2D eigenvalue weighted by Gasteiger charge is 2.06. The molecule has 0 heterocycles. The SMILES string of the molecule is CCCCCCCCCCCC[N+](C)(C)N.[Cl-]. The van der Waals surface area contributed by atoms with Crippen molar-refractivity contribution in [1.29, 1.82) is 0 Å². The standard InChI is InChI=1S/C14H33N2.ClH/c1-4-5-6-7-8-9-10-11-12-13-14-16(2,3)15;/h4-15H2,1-3H3;1H/q+1;/p-1. The van der Waals surface area contributed by atoms with E-state index in [4.69, 9.17) is 5.84 Å². The van der Waals surface area contributed by atoms with Gasteiger partial charge in [0.15, 0.2) is 0 Å². The van der Waals surface area contributed by atoms with Gasteiger partial charge in [0, 0.05) is 0 Å². The predicted molar refractivity (Wildman–Crippen MR) is 73.0 cm³/mol. The van der Waals surface area contributed by atoms with Crippen LogP contribution in [0.15, 0.2) is 0 Å². The van der Waals surface area contributed by atoms with E-state index in [0.29, 0.717) is 4.59 Å². The maximum atomic E-state index is 5.88. The van der Waals surface area contributed by atoms with Crippen LogP contribution < -0.4 is 18.2 Å². The molecule has 0 atom stereocenters. The van der Waals surface area contributed by atoms with Crippen LogP contribution in [0.1, 0.15) is 71.1 Å². The van der Waals surface area contributed by atoms with E-state index in [9.17, 15) is 0 Å². The first-order valence-corrected chi connectivity index (χ1v) is 7.18. The van der Waals surface area contributed by atoms with Crippen LogP contribution in [0, 0.1) is 0 Å². The van der Waals surface area contributed by atoms with Gasteiger partial charge in [0.05, 0.1) is 20.6 Å². The third kappa shape index (κ3) is 18.8. The molecule has 0 aromatic heterocycles. The van der Waals surface area contributed by atoms with Gasteiger partial charge in [0.1, 0.15) is 0 Å². The van der Waals surface area contributed by atoms with Crippen molar-refractivity contribution in [2.45, 2.75) is 71.1 Å². The monoisotopic (exact) mass is 264 g/mol. The molecule has 2 nitrogen and oxygen atoms in total. The summed E-state index contributed by atoms with van der Waals surface area (Å²) < 4.78 is 0.622. The molecule has 0 saturated heterocycles. The molecule has 0 amide bonds. The van der Waals surface area contributed by atoms with Gasteiger partial charge < -0.3 is 12.4 Å². The quantitative estimate of drug-likeness (QED) is 0.255. The zero-order chi connectivity index (χ0) is 12.3. The molecule has 0 aliphatic heterocycles. The fourth-order valence-electron chi connectivity index (χ4n) is 2.01. The molecule has 0 aromatic carbocycles. The van der Waals surface area contributed by atoms with Crippen molar-refractivity contribution in [1.82, 2.24) is 0 Å². The molecule has 106 valence electrons. The van der Waals surface area contributed by atoms with Crippen LogP contribution in [-0.4, -0.2) is 25.2 Å². The second kappa shape index (κ2) is 12.7. The first-order valence-electron chi connectivity index (χ1n) is 7.18. The fraction of sp³-hybridized carbons (Fsp3) is 1.00. The molecular weight excluding hydrogens is 232 g/mol. The summed E-state index contributed by atoms with van der Waals surface area (Å²) in [5.41, 5.74) is 0. The number of halogens is 1. The lowest BCUT2D eigenvalue weighted by molar-refractivity contribution is -0.902. The van der Waals surface area contributed by atoms with Gasteiger partial charge in [-0.1, -0.05) is 58.3 Å². The molecule has 2 N–H and O–H groups in total. The molecule has 3 heteroatoms. The highest BCUT2D eigenvalue weighted by atomic mass is 35.5. The third-order valence-corrected chi connectivity index (χ3v) is 3.09. The molecule has 0 aliphatic carbocycles. The Kier molecular flexibility index (Phi) is 14.6. The van der Waals surface area contributed by atoms with Crippen LogP contribution in [0.25, 0.3) is 0 Å². The third-order valence-electron chi connectivity index (χ3n) is 3.09. The summed E-state index contributed by atoms with van der Waals surface area (Å²) in [6.45, 7) is 3.38. The Labute approximate surface area is 115 Å². The van der Waals surface area contributed by atoms with Gasteiger partial charge in [-0.05, 0) is 12.8 Å². The number of hydrogen-bond donors (Lipinski definition) is 1. The van der Waals surface area contributed by atoms with Crippen molar-refractivity contribution < 1.29 is 17.0 Å². The molecule has 0 bridgehead atoms. The largest absolute Gasteiger partial charge is 1.00 e. The van der Waals surface area contributed by atoms with Crippen molar-refractivity contribution in [2.24, 2.45) is 5.84 Å². The Morgan fingerprint density at radius 1 is 0.706 bits per heavy atom. The van der Waals surface area contributed by atoms with Gasteiger partial charge in [0.2, 0.25) is 0 Å². The van der Waals surface area contributed by atoms with Gasteiger partial charge in [0.25, 0.3) is 0 Å². The second-order valence-electron chi connectivity index (χ2n) is 5.68. The molecule has 0 spiro atoms. The van der Waals surface area contributed by atoms with Crippen LogP contribution in [0.2, 0.25) is 0 Å². The summed E-state index contributed by atoms with van der Waals surface area (Å²) in [4.78, 5) is 0. The number of hydrogen-bond acceptors (Lipinski definition) is 1. The number of unbranched alkanes of at least 4 members (excludes halogenated alkanes) is 9. The predicted octanol–water partition coefficient (Wildman–Crippen LogP) is 0.861. The molecule has 0 rings (SSSR count). The van der Waals surface area contributed by atoms with Crippen molar-refractivity contribution in [3.63, 3.8) is 0 Å². The van der Waals surface area contributed by atoms with Crippen LogP contribution in [0.3, 0.4) is 0 Å². The zero-order valence-electron chi connectivity index (χ0n) is 12.2. The Morgan fingerprint density at radius 3 is 1.41 bits per heavy atom. The van der Waals surface area contributed by atoms with E-state index in [1.807, 2.05) is 0 Å². The highest BCUT2D eigenvalue weighted by Crippen LogP contribution is 2.10. The molecule has 0 aromatic rings. The lowest BCUT2D eigenvalue weighted by Gasteiger charge is -2.21. The summed E-state index contributed by atoms with van der Waals surface area (Å²) in [6, 6.07) is 0. The summed E-state index contributed by atoms with van der Waals surface area (Å²) in [5, 5.41) is 0. The van der Waals surface area contributed by atoms with E-state index in [2.05, 4.69) is 21.0 Å². The lowest BCUT2D eigenvalue weighted by atomic mass is 10.1. The fourth-order valence-corrected chi connectivity index (χ4v) is 2.01. The topological polar surface area (TPSA) is 26.0 Å². The summed E-state index contributed by atoms with van der Waals surface area (Å²) in [7, 11) is 4.13. The van der Waals surface area contributed by atoms with Gasteiger partial charge in [-0.25, -0.2) is 0 Å². The number of nitrogens with zero attached hydrogens (tertiary/aromatic N) is 1. The minimum Gasteiger partial charge on any atom is -1.00 e. The minimum absolute atomic E-state index is 0. The van der Waals surface area contributed by atoms with Crippen LogP contribution in [0.5, 0.6) is 0 Å².